The van der Waals surface area contributed by atoms with Gasteiger partial charge in [-0.15, -0.1) is 4.72 Å². The van der Waals surface area contributed by atoms with Crippen molar-refractivity contribution in [2.75, 3.05) is 30.8 Å². The summed E-state index contributed by atoms with van der Waals surface area (Å²) in [4.78, 5) is 17.6. The van der Waals surface area contributed by atoms with Crippen LogP contribution >= 0.6 is 0 Å². The molecule has 1 aliphatic rings. The van der Waals surface area contributed by atoms with Crippen LogP contribution in [0, 0.1) is 17.2 Å². The smallest absolute Gasteiger partial charge is 0.258 e. The minimum Gasteiger partial charge on any atom is -0.598 e. The predicted octanol–water partition coefficient (Wildman–Crippen LogP) is 1.87. The lowest BCUT2D eigenvalue weighted by Gasteiger charge is -2.42. The molecule has 0 bridgehead atoms. The van der Waals surface area contributed by atoms with Gasteiger partial charge in [0.05, 0.1) is 41.9 Å². The van der Waals surface area contributed by atoms with Gasteiger partial charge in [-0.25, -0.2) is 23.7 Å². The molecule has 4 N–H and O–H groups in total. The number of aromatic amines is 1. The number of aromatic nitrogens is 4. The number of anilines is 1. The van der Waals surface area contributed by atoms with Crippen molar-refractivity contribution < 1.29 is 18.4 Å². The van der Waals surface area contributed by atoms with Crippen LogP contribution in [0.2, 0.25) is 0 Å². The van der Waals surface area contributed by atoms with Crippen LogP contribution in [0.3, 0.4) is 0 Å². The first-order chi connectivity index (χ1) is 15.1. The van der Waals surface area contributed by atoms with Crippen LogP contribution in [0.1, 0.15) is 19.7 Å². The first-order valence-corrected chi connectivity index (χ1v) is 11.7. The molecule has 9 nitrogen and oxygen atoms in total. The van der Waals surface area contributed by atoms with Gasteiger partial charge in [0, 0.05) is 36.4 Å². The number of imidazole rings is 1. The Balaban J connectivity index is 1.78. The third-order valence-electron chi connectivity index (χ3n) is 5.39. The van der Waals surface area contributed by atoms with Crippen molar-refractivity contribution in [2.24, 2.45) is 11.8 Å². The lowest BCUT2D eigenvalue weighted by atomic mass is 9.86. The number of rotatable bonds is 8. The van der Waals surface area contributed by atoms with E-state index in [2.05, 4.69) is 24.7 Å². The predicted molar refractivity (Wildman–Crippen MR) is 120 cm³/mol. The minimum absolute atomic E-state index is 0.0549. The van der Waals surface area contributed by atoms with Gasteiger partial charge >= 0.3 is 0 Å². The summed E-state index contributed by atoms with van der Waals surface area (Å²) < 4.78 is 43.3. The highest BCUT2D eigenvalue weighted by atomic mass is 32.2. The molecule has 32 heavy (non-hydrogen) atoms. The van der Waals surface area contributed by atoms with E-state index in [9.17, 15) is 18.4 Å². The zero-order valence-corrected chi connectivity index (χ0v) is 18.9. The molecule has 0 spiro atoms. The van der Waals surface area contributed by atoms with Gasteiger partial charge in [-0.1, -0.05) is 6.92 Å². The van der Waals surface area contributed by atoms with Crippen LogP contribution in [-0.4, -0.2) is 73.2 Å². The van der Waals surface area contributed by atoms with Gasteiger partial charge in [-0.3, -0.25) is 0 Å². The molecule has 2 aromatic rings. The molecule has 3 heterocycles. The van der Waals surface area contributed by atoms with E-state index < -0.39 is 35.2 Å². The molecule has 3 rings (SSSR count). The fraction of sp³-hybridized carbons (Fsp3) is 0.500. The first kappa shape index (κ1) is 24.2. The number of alkyl halides is 2. The Morgan fingerprint density at radius 1 is 1.47 bits per heavy atom. The van der Waals surface area contributed by atoms with Crippen LogP contribution in [0.15, 0.2) is 24.7 Å². The van der Waals surface area contributed by atoms with Crippen molar-refractivity contribution in [2.45, 2.75) is 25.9 Å². The van der Waals surface area contributed by atoms with Crippen molar-refractivity contribution in [3.05, 3.63) is 30.5 Å². The Labute approximate surface area is 188 Å². The van der Waals surface area contributed by atoms with Crippen LogP contribution < -0.4 is 9.62 Å². The topological polar surface area (TPSA) is 137 Å². The summed E-state index contributed by atoms with van der Waals surface area (Å²) in [5, 5.41) is 17.0. The second-order valence-corrected chi connectivity index (χ2v) is 9.09. The molecular weight excluding hydrogens is 440 g/mol. The van der Waals surface area contributed by atoms with Crippen LogP contribution in [0.5, 0.6) is 0 Å². The highest BCUT2D eigenvalue weighted by Gasteiger charge is 2.49. The number of halogens is 2. The Kier molecular flexibility index (Phi) is 7.59. The summed E-state index contributed by atoms with van der Waals surface area (Å²) in [5.74, 6) is -3.80. The number of aliphatic hydroxyl groups is 1. The monoisotopic (exact) mass is 467 g/mol. The van der Waals surface area contributed by atoms with Gasteiger partial charge in [0.25, 0.3) is 5.92 Å². The summed E-state index contributed by atoms with van der Waals surface area (Å²) in [6.07, 6.45) is 6.51. The fourth-order valence-corrected chi connectivity index (χ4v) is 3.89. The van der Waals surface area contributed by atoms with Crippen molar-refractivity contribution in [1.82, 2.24) is 24.7 Å². The summed E-state index contributed by atoms with van der Waals surface area (Å²) in [6.45, 7) is 3.14. The zero-order chi connectivity index (χ0) is 23.5. The number of hydrogen-bond donors (Lipinski definition) is 4. The molecule has 2 unspecified atom stereocenters. The van der Waals surface area contributed by atoms with Gasteiger partial charge in [-0.2, -0.15) is 0 Å². The maximum atomic E-state index is 14.7. The Morgan fingerprint density at radius 3 is 2.91 bits per heavy atom. The quantitative estimate of drug-likeness (QED) is 0.344. The number of H-pyrrole nitrogens is 1. The largest absolute Gasteiger partial charge is 0.598 e. The Bertz CT molecular complexity index is 967. The summed E-state index contributed by atoms with van der Waals surface area (Å²) in [7, 11) is 0. The molecule has 1 saturated heterocycles. The number of hydrogen-bond acceptors (Lipinski definition) is 8. The van der Waals surface area contributed by atoms with E-state index in [1.54, 1.807) is 23.2 Å². The van der Waals surface area contributed by atoms with Gasteiger partial charge in [-0.05, 0) is 19.1 Å². The average Bonchev–Trinajstić information content (AvgIpc) is 3.22. The van der Waals surface area contributed by atoms with Crippen LogP contribution in [-0.2, 0) is 11.4 Å². The van der Waals surface area contributed by atoms with E-state index in [-0.39, 0.29) is 25.3 Å². The number of nitrogens with one attached hydrogen (secondary N) is 3. The van der Waals surface area contributed by atoms with Crippen molar-refractivity contribution in [3.8, 4) is 11.4 Å². The number of aliphatic hydroxyl groups excluding tert-OH is 1. The first-order valence-electron chi connectivity index (χ1n) is 10.1. The minimum atomic E-state index is -2.89. The molecule has 0 saturated carbocycles. The summed E-state index contributed by atoms with van der Waals surface area (Å²) in [5.41, 5.74) is 1.20. The molecule has 0 amide bonds. The average molecular weight is 468 g/mol. The lowest BCUT2D eigenvalue weighted by Crippen LogP contribution is -2.56. The summed E-state index contributed by atoms with van der Waals surface area (Å²) >= 11 is -1.37. The molecule has 2 aromatic heterocycles. The van der Waals surface area contributed by atoms with Crippen LogP contribution in [0.4, 0.5) is 14.6 Å². The zero-order valence-electron chi connectivity index (χ0n) is 18.0. The maximum Gasteiger partial charge on any atom is 0.258 e. The van der Waals surface area contributed by atoms with Crippen molar-refractivity contribution in [3.63, 3.8) is 0 Å². The molecule has 12 heteroatoms. The number of piperidine rings is 1. The fourth-order valence-electron chi connectivity index (χ4n) is 3.45. The van der Waals surface area contributed by atoms with Crippen LogP contribution in [0.25, 0.3) is 17.5 Å². The van der Waals surface area contributed by atoms with Gasteiger partial charge in [0.1, 0.15) is 24.2 Å². The molecule has 0 radical (unpaired) electrons. The molecule has 4 atom stereocenters. The van der Waals surface area contributed by atoms with Crippen molar-refractivity contribution >= 4 is 29.0 Å². The van der Waals surface area contributed by atoms with Gasteiger partial charge in [0.15, 0.2) is 0 Å². The maximum absolute atomic E-state index is 14.7. The second kappa shape index (κ2) is 10.0. The third kappa shape index (κ3) is 5.68. The molecule has 0 aliphatic carbocycles. The standard InChI is InChI=1S/C20H27F2N7O2S/c1-12-9-29(10-14(20(12,21)22)7-27-32(3)31)19-6-16(25-11-26-19)17-8-24-18(28-17)5-4-15(23)13(2)30/h4-6,8,11-14,23,27,30H,7,9-10H2,1-3H3,(H,24,28)/b5-4-,23-15?/t12-,13?,14+,32?/m0/s1. The number of nitrogens with zero attached hydrogens (tertiary/aromatic N) is 4. The van der Waals surface area contributed by atoms with E-state index in [4.69, 9.17) is 5.41 Å². The van der Waals surface area contributed by atoms with E-state index in [1.807, 2.05) is 0 Å². The molecule has 1 fully saturated rings. The molecular formula is C20H27F2N7O2S. The van der Waals surface area contributed by atoms with Gasteiger partial charge in [0.2, 0.25) is 0 Å². The van der Waals surface area contributed by atoms with Gasteiger partial charge < -0.3 is 25.0 Å². The summed E-state index contributed by atoms with van der Waals surface area (Å²) in [6, 6.07) is 1.71. The Hall–Kier alpha value is -2.41. The highest BCUT2D eigenvalue weighted by molar-refractivity contribution is 7.88. The SMILES string of the molecule is CC(O)C(=N)/C=C\c1ncc(-c2cc(N3C[C@@H](CN[S+](C)[O-])C(F)(F)[C@@H](C)C3)ncn2)[nH]1. The highest BCUT2D eigenvalue weighted by Crippen LogP contribution is 2.39. The Morgan fingerprint density at radius 2 is 2.22 bits per heavy atom. The van der Waals surface area contributed by atoms with Crippen molar-refractivity contribution in [1.29, 1.82) is 5.41 Å². The molecule has 0 aromatic carbocycles. The van der Waals surface area contributed by atoms with E-state index >= 15 is 0 Å². The normalized spacial score (nSPS) is 22.8. The lowest BCUT2D eigenvalue weighted by molar-refractivity contribution is -0.108. The van der Waals surface area contributed by atoms with E-state index in [1.165, 1.54) is 32.5 Å². The molecule has 174 valence electrons. The molecule has 1 aliphatic heterocycles. The van der Waals surface area contributed by atoms with E-state index in [0.29, 0.717) is 23.0 Å². The second-order valence-electron chi connectivity index (χ2n) is 7.89. The third-order valence-corrected chi connectivity index (χ3v) is 5.96. The van der Waals surface area contributed by atoms with E-state index in [0.717, 1.165) is 0 Å².